The van der Waals surface area contributed by atoms with Crippen LogP contribution in [0.1, 0.15) is 62.1 Å². The molecule has 1 aromatic heterocycles. The van der Waals surface area contributed by atoms with Gasteiger partial charge in [0.25, 0.3) is 0 Å². The number of aliphatic hydroxyl groups excluding tert-OH is 1. The maximum Gasteiger partial charge on any atom is 0.317 e. The minimum atomic E-state index is -0.288. The number of rotatable bonds is 5. The van der Waals surface area contributed by atoms with E-state index in [-0.39, 0.29) is 24.1 Å². The fourth-order valence-corrected chi connectivity index (χ4v) is 3.46. The third kappa shape index (κ3) is 4.25. The summed E-state index contributed by atoms with van der Waals surface area (Å²) >= 11 is 0. The Hall–Kier alpha value is -1.56. The first-order valence-corrected chi connectivity index (χ1v) is 8.56. The number of aliphatic hydroxyl groups is 1. The molecule has 130 valence electrons. The maximum atomic E-state index is 12.5. The van der Waals surface area contributed by atoms with Crippen LogP contribution < -0.4 is 5.32 Å². The van der Waals surface area contributed by atoms with Crippen LogP contribution in [0.4, 0.5) is 4.79 Å². The number of hydrogen-bond donors (Lipinski definition) is 2. The van der Waals surface area contributed by atoms with Crippen LogP contribution in [0.3, 0.4) is 0 Å². The van der Waals surface area contributed by atoms with E-state index in [1.54, 1.807) is 11.9 Å². The minimum Gasteiger partial charge on any atom is -0.393 e. The topological polar surface area (TPSA) is 78.6 Å². The van der Waals surface area contributed by atoms with Gasteiger partial charge in [0.15, 0.2) is 0 Å². The number of carbonyl (C=O) groups is 1. The number of hydrogen-bond acceptors (Lipinski definition) is 4. The molecule has 0 saturated heterocycles. The molecule has 23 heavy (non-hydrogen) atoms. The van der Waals surface area contributed by atoms with Gasteiger partial charge in [0, 0.05) is 25.1 Å². The van der Waals surface area contributed by atoms with Crippen molar-refractivity contribution in [1.29, 1.82) is 0 Å². The van der Waals surface area contributed by atoms with Gasteiger partial charge in [0.05, 0.1) is 17.8 Å². The Morgan fingerprint density at radius 3 is 2.70 bits per heavy atom. The van der Waals surface area contributed by atoms with Crippen LogP contribution in [0.5, 0.6) is 0 Å². The van der Waals surface area contributed by atoms with E-state index in [0.29, 0.717) is 6.54 Å². The Labute approximate surface area is 138 Å². The van der Waals surface area contributed by atoms with Gasteiger partial charge < -0.3 is 19.8 Å². The molecule has 6 nitrogen and oxygen atoms in total. The highest BCUT2D eigenvalue weighted by Gasteiger charge is 2.27. The molecule has 1 fully saturated rings. The molecular weight excluding hydrogens is 294 g/mol. The smallest absolute Gasteiger partial charge is 0.317 e. The highest BCUT2D eigenvalue weighted by molar-refractivity contribution is 5.74. The summed E-state index contributed by atoms with van der Waals surface area (Å²) in [5.41, 5.74) is 1.78. The molecule has 0 aliphatic heterocycles. The quantitative estimate of drug-likeness (QED) is 0.873. The largest absolute Gasteiger partial charge is 0.393 e. The molecule has 2 rings (SSSR count). The summed E-state index contributed by atoms with van der Waals surface area (Å²) in [5.74, 6) is 0.929. The average molecular weight is 323 g/mol. The Kier molecular flexibility index (Phi) is 6.04. The second kappa shape index (κ2) is 7.81. The molecule has 1 aliphatic carbocycles. The molecule has 0 bridgehead atoms. The molecular formula is C17H29N3O3. The summed E-state index contributed by atoms with van der Waals surface area (Å²) in [4.78, 5) is 14.2. The van der Waals surface area contributed by atoms with Gasteiger partial charge in [0.2, 0.25) is 0 Å². The molecule has 0 aromatic carbocycles. The number of aryl methyl sites for hydroxylation is 2. The van der Waals surface area contributed by atoms with E-state index in [0.717, 1.165) is 49.1 Å². The lowest BCUT2D eigenvalue weighted by Gasteiger charge is -2.32. The zero-order valence-electron chi connectivity index (χ0n) is 14.6. The van der Waals surface area contributed by atoms with Crippen LogP contribution in [-0.2, 0) is 0 Å². The highest BCUT2D eigenvalue weighted by Crippen LogP contribution is 2.26. The van der Waals surface area contributed by atoms with E-state index in [4.69, 9.17) is 4.52 Å². The fourth-order valence-electron chi connectivity index (χ4n) is 3.46. The van der Waals surface area contributed by atoms with E-state index in [2.05, 4.69) is 10.5 Å². The third-order valence-corrected chi connectivity index (χ3v) is 4.87. The van der Waals surface area contributed by atoms with Crippen molar-refractivity contribution in [1.82, 2.24) is 15.4 Å². The van der Waals surface area contributed by atoms with Crippen molar-refractivity contribution >= 4 is 6.03 Å². The number of aromatic nitrogens is 1. The summed E-state index contributed by atoms with van der Waals surface area (Å²) in [7, 11) is 1.79. The highest BCUT2D eigenvalue weighted by atomic mass is 16.5. The molecule has 2 N–H and O–H groups in total. The molecule has 1 saturated carbocycles. The number of nitrogens with zero attached hydrogens (tertiary/aromatic N) is 2. The second-order valence-electron chi connectivity index (χ2n) is 6.64. The van der Waals surface area contributed by atoms with E-state index in [1.165, 1.54) is 0 Å². The number of nitrogens with one attached hydrogen (secondary N) is 1. The Balaban J connectivity index is 1.96. The second-order valence-corrected chi connectivity index (χ2v) is 6.64. The Morgan fingerprint density at radius 1 is 1.43 bits per heavy atom. The first kappa shape index (κ1) is 17.8. The van der Waals surface area contributed by atoms with Crippen molar-refractivity contribution in [2.24, 2.45) is 5.92 Å². The van der Waals surface area contributed by atoms with E-state index in [9.17, 15) is 9.90 Å². The normalized spacial score (nSPS) is 22.7. The molecule has 1 heterocycles. The number of amides is 2. The number of urea groups is 1. The molecule has 1 aromatic rings. The van der Waals surface area contributed by atoms with Gasteiger partial charge in [-0.3, -0.25) is 0 Å². The molecule has 3 unspecified atom stereocenters. The first-order valence-electron chi connectivity index (χ1n) is 8.56. The van der Waals surface area contributed by atoms with Crippen LogP contribution in [-0.4, -0.2) is 40.9 Å². The molecule has 0 spiro atoms. The lowest BCUT2D eigenvalue weighted by Crippen LogP contribution is -2.44. The standard InChI is InChI=1S/C17H29N3O3/c1-5-14(16-11(2)19-23-12(16)3)18-17(22)20(4)10-13-8-6-7-9-15(13)21/h13-15,21H,5-10H2,1-4H3,(H,18,22). The van der Waals surface area contributed by atoms with Gasteiger partial charge in [-0.15, -0.1) is 0 Å². The van der Waals surface area contributed by atoms with Crippen LogP contribution in [0.25, 0.3) is 0 Å². The van der Waals surface area contributed by atoms with Crippen LogP contribution >= 0.6 is 0 Å². The summed E-state index contributed by atoms with van der Waals surface area (Å²) in [6.07, 6.45) is 4.53. The van der Waals surface area contributed by atoms with Gasteiger partial charge in [-0.2, -0.15) is 0 Å². The predicted octanol–water partition coefficient (Wildman–Crippen LogP) is 2.94. The summed E-state index contributed by atoms with van der Waals surface area (Å²) < 4.78 is 5.21. The summed E-state index contributed by atoms with van der Waals surface area (Å²) in [6.45, 7) is 6.38. The zero-order valence-corrected chi connectivity index (χ0v) is 14.6. The molecule has 2 amide bonds. The van der Waals surface area contributed by atoms with Crippen molar-refractivity contribution in [3.63, 3.8) is 0 Å². The summed E-state index contributed by atoms with van der Waals surface area (Å²) in [6, 6.07) is -0.220. The van der Waals surface area contributed by atoms with Gasteiger partial charge in [-0.25, -0.2) is 4.79 Å². The van der Waals surface area contributed by atoms with E-state index >= 15 is 0 Å². The molecule has 1 aliphatic rings. The van der Waals surface area contributed by atoms with Gasteiger partial charge in [0.1, 0.15) is 5.76 Å². The van der Waals surface area contributed by atoms with Gasteiger partial charge >= 0.3 is 6.03 Å². The van der Waals surface area contributed by atoms with Crippen molar-refractivity contribution < 1.29 is 14.4 Å². The summed E-state index contributed by atoms with van der Waals surface area (Å²) in [5, 5.41) is 17.1. The fraction of sp³-hybridized carbons (Fsp3) is 0.765. The van der Waals surface area contributed by atoms with Crippen molar-refractivity contribution in [2.45, 2.75) is 65.0 Å². The molecule has 6 heteroatoms. The SMILES string of the molecule is CCC(NC(=O)N(C)CC1CCCCC1O)c1c(C)noc1C. The monoisotopic (exact) mass is 323 g/mol. The maximum absolute atomic E-state index is 12.5. The lowest BCUT2D eigenvalue weighted by atomic mass is 9.86. The van der Waals surface area contributed by atoms with Gasteiger partial charge in [-0.1, -0.05) is 24.9 Å². The number of carbonyl (C=O) groups excluding carboxylic acids is 1. The van der Waals surface area contributed by atoms with Crippen LogP contribution in [0, 0.1) is 19.8 Å². The lowest BCUT2D eigenvalue weighted by molar-refractivity contribution is 0.0562. The van der Waals surface area contributed by atoms with E-state index < -0.39 is 0 Å². The van der Waals surface area contributed by atoms with Gasteiger partial charge in [-0.05, 0) is 33.1 Å². The Morgan fingerprint density at radius 2 is 2.13 bits per heavy atom. The molecule has 3 atom stereocenters. The first-order chi connectivity index (χ1) is 10.9. The predicted molar refractivity (Wildman–Crippen MR) is 88.1 cm³/mol. The molecule has 0 radical (unpaired) electrons. The van der Waals surface area contributed by atoms with Crippen molar-refractivity contribution in [3.05, 3.63) is 17.0 Å². The van der Waals surface area contributed by atoms with E-state index in [1.807, 2.05) is 20.8 Å². The average Bonchev–Trinajstić information content (AvgIpc) is 2.86. The van der Waals surface area contributed by atoms with Crippen LogP contribution in [0.2, 0.25) is 0 Å². The minimum absolute atomic E-state index is 0.104. The third-order valence-electron chi connectivity index (χ3n) is 4.87. The Bertz CT molecular complexity index is 510. The van der Waals surface area contributed by atoms with Crippen LogP contribution in [0.15, 0.2) is 4.52 Å². The van der Waals surface area contributed by atoms with Crippen molar-refractivity contribution in [2.75, 3.05) is 13.6 Å². The van der Waals surface area contributed by atoms with Crippen molar-refractivity contribution in [3.8, 4) is 0 Å². The zero-order chi connectivity index (χ0) is 17.0.